The van der Waals surface area contributed by atoms with E-state index in [2.05, 4.69) is 0 Å². The van der Waals surface area contributed by atoms with Crippen LogP contribution in [0.1, 0.15) is 13.8 Å². The third-order valence-electron chi connectivity index (χ3n) is 3.12. The van der Waals surface area contributed by atoms with Gasteiger partial charge in [-0.05, 0) is 37.6 Å². The lowest BCUT2D eigenvalue weighted by molar-refractivity contribution is -0.164. The fourth-order valence-corrected chi connectivity index (χ4v) is 1.95. The molecule has 0 saturated heterocycles. The fraction of sp³-hybridized carbons (Fsp3) is 0.235. The molecule has 1 heterocycles. The Morgan fingerprint density at radius 1 is 1.35 bits per heavy atom. The maximum atomic E-state index is 12.3. The summed E-state index contributed by atoms with van der Waals surface area (Å²) in [5.74, 6) is -1.88. The van der Waals surface area contributed by atoms with E-state index in [4.69, 9.17) is 14.6 Å². The lowest BCUT2D eigenvalue weighted by Gasteiger charge is -2.23. The number of hydrogen-bond acceptors (Lipinski definition) is 6. The minimum absolute atomic E-state index is 0.149. The number of carbonyl (C=O) groups excluding carboxylic acids is 3. The van der Waals surface area contributed by atoms with Crippen molar-refractivity contribution in [3.05, 3.63) is 59.6 Å². The SMILES string of the molecule is C/C=C/C=C/C1=CC2=CC(=O)[C@H](OC(=O)[C@H](C)O)C(=O)C2=CO1. The van der Waals surface area contributed by atoms with Crippen molar-refractivity contribution in [2.45, 2.75) is 26.1 Å². The normalized spacial score (nSPS) is 22.2. The Morgan fingerprint density at radius 2 is 2.09 bits per heavy atom. The van der Waals surface area contributed by atoms with E-state index in [1.807, 2.05) is 13.0 Å². The summed E-state index contributed by atoms with van der Waals surface area (Å²) in [5.41, 5.74) is 0.548. The lowest BCUT2D eigenvalue weighted by Crippen LogP contribution is -2.40. The molecule has 1 N–H and O–H groups in total. The number of allylic oxidation sites excluding steroid dienone is 6. The van der Waals surface area contributed by atoms with E-state index in [1.165, 1.54) is 19.3 Å². The van der Waals surface area contributed by atoms with E-state index in [1.54, 1.807) is 24.3 Å². The summed E-state index contributed by atoms with van der Waals surface area (Å²) in [5, 5.41) is 9.12. The van der Waals surface area contributed by atoms with Crippen LogP contribution in [-0.4, -0.2) is 34.9 Å². The molecule has 0 spiro atoms. The zero-order chi connectivity index (χ0) is 17.0. The van der Waals surface area contributed by atoms with Crippen LogP contribution in [0.4, 0.5) is 0 Å². The van der Waals surface area contributed by atoms with Crippen molar-refractivity contribution >= 4 is 17.5 Å². The first-order chi connectivity index (χ1) is 10.9. The van der Waals surface area contributed by atoms with Gasteiger partial charge in [-0.25, -0.2) is 4.79 Å². The second-order valence-electron chi connectivity index (χ2n) is 4.94. The number of ether oxygens (including phenoxy) is 2. The van der Waals surface area contributed by atoms with Crippen molar-refractivity contribution in [1.82, 2.24) is 0 Å². The van der Waals surface area contributed by atoms with Gasteiger partial charge < -0.3 is 14.6 Å². The average molecular weight is 316 g/mol. The third kappa shape index (κ3) is 3.73. The van der Waals surface area contributed by atoms with Crippen molar-refractivity contribution in [2.24, 2.45) is 0 Å². The molecule has 2 aliphatic rings. The maximum Gasteiger partial charge on any atom is 0.335 e. The molecule has 0 aromatic carbocycles. The van der Waals surface area contributed by atoms with Gasteiger partial charge in [0.15, 0.2) is 0 Å². The number of rotatable bonds is 4. The molecule has 1 aliphatic carbocycles. The summed E-state index contributed by atoms with van der Waals surface area (Å²) >= 11 is 0. The number of aliphatic hydroxyl groups is 1. The van der Waals surface area contributed by atoms with E-state index < -0.39 is 29.7 Å². The first-order valence-corrected chi connectivity index (χ1v) is 7.00. The van der Waals surface area contributed by atoms with Gasteiger partial charge in [-0.2, -0.15) is 0 Å². The number of hydrogen-bond donors (Lipinski definition) is 1. The summed E-state index contributed by atoms with van der Waals surface area (Å²) in [6.07, 6.45) is 8.09. The average Bonchev–Trinajstić information content (AvgIpc) is 2.51. The van der Waals surface area contributed by atoms with Gasteiger partial charge in [0.05, 0.1) is 5.57 Å². The molecule has 1 aliphatic heterocycles. The van der Waals surface area contributed by atoms with Gasteiger partial charge in [0.25, 0.3) is 0 Å². The minimum Gasteiger partial charge on any atom is -0.464 e. The lowest BCUT2D eigenvalue weighted by atomic mass is 9.89. The molecular formula is C17H16O6. The molecule has 2 atom stereocenters. The first kappa shape index (κ1) is 16.6. The Hall–Kier alpha value is -2.73. The molecular weight excluding hydrogens is 300 g/mol. The van der Waals surface area contributed by atoms with Crippen molar-refractivity contribution < 1.29 is 29.0 Å². The summed E-state index contributed by atoms with van der Waals surface area (Å²) in [6, 6.07) is 0. The second-order valence-corrected chi connectivity index (χ2v) is 4.94. The van der Waals surface area contributed by atoms with Crippen LogP contribution in [0.25, 0.3) is 0 Å². The second kappa shape index (κ2) is 7.02. The zero-order valence-corrected chi connectivity index (χ0v) is 12.7. The van der Waals surface area contributed by atoms with Crippen molar-refractivity contribution in [1.29, 1.82) is 0 Å². The number of fused-ring (bicyclic) bond motifs is 1. The highest BCUT2D eigenvalue weighted by Gasteiger charge is 2.38. The van der Waals surface area contributed by atoms with Crippen LogP contribution in [0.3, 0.4) is 0 Å². The fourth-order valence-electron chi connectivity index (χ4n) is 1.95. The Bertz CT molecular complexity index is 688. The minimum atomic E-state index is -1.58. The van der Waals surface area contributed by atoms with E-state index in [0.717, 1.165) is 0 Å². The van der Waals surface area contributed by atoms with Crippen molar-refractivity contribution in [3.63, 3.8) is 0 Å². The third-order valence-corrected chi connectivity index (χ3v) is 3.12. The van der Waals surface area contributed by atoms with E-state index in [0.29, 0.717) is 11.3 Å². The summed E-state index contributed by atoms with van der Waals surface area (Å²) in [7, 11) is 0. The summed E-state index contributed by atoms with van der Waals surface area (Å²) in [6.45, 7) is 3.06. The first-order valence-electron chi connectivity index (χ1n) is 7.00. The quantitative estimate of drug-likeness (QED) is 0.477. The Labute approximate surface area is 133 Å². The predicted octanol–water partition coefficient (Wildman–Crippen LogP) is 1.29. The summed E-state index contributed by atoms with van der Waals surface area (Å²) in [4.78, 5) is 35.7. The molecule has 0 bridgehead atoms. The van der Waals surface area contributed by atoms with Crippen LogP contribution >= 0.6 is 0 Å². The topological polar surface area (TPSA) is 89.9 Å². The van der Waals surface area contributed by atoms with Crippen LogP contribution in [0, 0.1) is 0 Å². The molecule has 0 amide bonds. The molecule has 0 aromatic rings. The van der Waals surface area contributed by atoms with Crippen LogP contribution in [0.5, 0.6) is 0 Å². The molecule has 6 nitrogen and oxygen atoms in total. The van der Waals surface area contributed by atoms with Gasteiger partial charge in [0.2, 0.25) is 17.7 Å². The molecule has 0 radical (unpaired) electrons. The Balaban J connectivity index is 2.23. The largest absolute Gasteiger partial charge is 0.464 e. The smallest absolute Gasteiger partial charge is 0.335 e. The van der Waals surface area contributed by atoms with Crippen molar-refractivity contribution in [3.8, 4) is 0 Å². The Kier molecular flexibility index (Phi) is 5.08. The van der Waals surface area contributed by atoms with Crippen LogP contribution in [0.15, 0.2) is 59.6 Å². The van der Waals surface area contributed by atoms with Gasteiger partial charge in [-0.1, -0.05) is 18.2 Å². The van der Waals surface area contributed by atoms with Crippen molar-refractivity contribution in [2.75, 3.05) is 0 Å². The highest BCUT2D eigenvalue weighted by atomic mass is 16.6. The van der Waals surface area contributed by atoms with Crippen LogP contribution in [0.2, 0.25) is 0 Å². The highest BCUT2D eigenvalue weighted by molar-refractivity contribution is 6.23. The van der Waals surface area contributed by atoms with Crippen LogP contribution in [-0.2, 0) is 23.9 Å². The number of carbonyl (C=O) groups is 3. The van der Waals surface area contributed by atoms with E-state index in [9.17, 15) is 14.4 Å². The highest BCUT2D eigenvalue weighted by Crippen LogP contribution is 2.28. The molecule has 0 fully saturated rings. The predicted molar refractivity (Wildman–Crippen MR) is 80.9 cm³/mol. The van der Waals surface area contributed by atoms with Gasteiger partial charge >= 0.3 is 5.97 Å². The monoisotopic (exact) mass is 316 g/mol. The summed E-state index contributed by atoms with van der Waals surface area (Å²) < 4.78 is 10.1. The number of ketones is 2. The molecule has 0 aromatic heterocycles. The van der Waals surface area contributed by atoms with Gasteiger partial charge in [-0.15, -0.1) is 0 Å². The maximum absolute atomic E-state index is 12.3. The number of aliphatic hydroxyl groups excluding tert-OH is 1. The molecule has 120 valence electrons. The van der Waals surface area contributed by atoms with E-state index in [-0.39, 0.29) is 5.57 Å². The molecule has 6 heteroatoms. The molecule has 23 heavy (non-hydrogen) atoms. The Morgan fingerprint density at radius 3 is 2.74 bits per heavy atom. The standard InChI is InChI=1S/C17H16O6/c1-3-4-5-6-12-7-11-8-14(19)16(23-17(21)10(2)18)15(20)13(11)9-22-12/h3-10,16,18H,1-2H3/b4-3+,6-5+/t10-,16-/m0/s1. The van der Waals surface area contributed by atoms with Gasteiger partial charge in [0, 0.05) is 0 Å². The zero-order valence-electron chi connectivity index (χ0n) is 12.7. The molecule has 0 unspecified atom stereocenters. The van der Waals surface area contributed by atoms with Gasteiger partial charge in [0.1, 0.15) is 18.1 Å². The number of Topliss-reactive ketones (excluding diaryl/α,β-unsaturated/α-hetero) is 1. The van der Waals surface area contributed by atoms with E-state index >= 15 is 0 Å². The van der Waals surface area contributed by atoms with Crippen LogP contribution < -0.4 is 0 Å². The number of esters is 1. The van der Waals surface area contributed by atoms with Gasteiger partial charge in [-0.3, -0.25) is 9.59 Å². The molecule has 0 saturated carbocycles. The molecule has 2 rings (SSSR count).